The predicted octanol–water partition coefficient (Wildman–Crippen LogP) is 1.80. The van der Waals surface area contributed by atoms with Crippen molar-refractivity contribution in [3.05, 3.63) is 62.8 Å². The van der Waals surface area contributed by atoms with Crippen molar-refractivity contribution in [3.8, 4) is 5.75 Å². The number of amides is 2. The van der Waals surface area contributed by atoms with Crippen LogP contribution in [0.5, 0.6) is 5.75 Å². The topological polar surface area (TPSA) is 127 Å². The number of benzene rings is 1. The fraction of sp³-hybridized carbons (Fsp3) is 0.458. The zero-order chi connectivity index (χ0) is 26.8. The summed E-state index contributed by atoms with van der Waals surface area (Å²) in [7, 11) is 1.40. The van der Waals surface area contributed by atoms with Crippen LogP contribution in [0.2, 0.25) is 0 Å². The third-order valence-electron chi connectivity index (χ3n) is 7.60. The number of nitrogens with zero attached hydrogens (tertiary/aromatic N) is 3. The van der Waals surface area contributed by atoms with E-state index in [1.807, 2.05) is 6.92 Å². The van der Waals surface area contributed by atoms with Crippen molar-refractivity contribution in [2.75, 3.05) is 13.7 Å². The number of hydrogen-bond donors (Lipinski definition) is 2. The monoisotopic (exact) mass is 522 g/mol. The summed E-state index contributed by atoms with van der Waals surface area (Å²) in [6, 6.07) is 0.134. The van der Waals surface area contributed by atoms with Crippen molar-refractivity contribution in [2.45, 2.75) is 56.6 Å². The number of aromatic nitrogens is 1. The average Bonchev–Trinajstić information content (AvgIpc) is 3.14. The van der Waals surface area contributed by atoms with Gasteiger partial charge in [-0.05, 0) is 19.8 Å². The summed E-state index contributed by atoms with van der Waals surface area (Å²) in [5, 5.41) is 11.9. The second-order valence-corrected chi connectivity index (χ2v) is 9.68. The highest BCUT2D eigenvalue weighted by Crippen LogP contribution is 2.49. The normalized spacial score (nSPS) is 27.4. The molecule has 3 aliphatic heterocycles. The highest BCUT2D eigenvalue weighted by Gasteiger charge is 2.56. The van der Waals surface area contributed by atoms with Gasteiger partial charge in [0.1, 0.15) is 34.8 Å². The van der Waals surface area contributed by atoms with Crippen LogP contribution in [0.3, 0.4) is 0 Å². The van der Waals surface area contributed by atoms with E-state index in [-0.39, 0.29) is 24.7 Å². The van der Waals surface area contributed by atoms with Crippen LogP contribution < -0.4 is 11.2 Å². The smallest absolute Gasteiger partial charge is 0.274 e. The number of nitrogens with two attached hydrogens (primary N) is 1. The number of carbonyl (C=O) groups is 2. The molecule has 5 rings (SSSR count). The van der Waals surface area contributed by atoms with Crippen LogP contribution >= 0.6 is 0 Å². The summed E-state index contributed by atoms with van der Waals surface area (Å²) >= 11 is 0. The number of rotatable bonds is 4. The minimum Gasteiger partial charge on any atom is -0.503 e. The number of hydroxylamine groups is 2. The van der Waals surface area contributed by atoms with E-state index in [0.29, 0.717) is 25.0 Å². The third-order valence-corrected chi connectivity index (χ3v) is 7.60. The lowest BCUT2D eigenvalue weighted by atomic mass is 9.85. The Morgan fingerprint density at radius 2 is 1.95 bits per heavy atom. The third kappa shape index (κ3) is 3.88. The Kier molecular flexibility index (Phi) is 6.04. The first-order valence-electron chi connectivity index (χ1n) is 11.7. The van der Waals surface area contributed by atoms with Gasteiger partial charge in [-0.15, -0.1) is 0 Å². The maximum Gasteiger partial charge on any atom is 0.274 e. The van der Waals surface area contributed by atoms with Crippen LogP contribution in [0.1, 0.15) is 58.6 Å². The van der Waals surface area contributed by atoms with Gasteiger partial charge in [0.15, 0.2) is 11.4 Å². The van der Waals surface area contributed by atoms with Crippen LogP contribution in [0.15, 0.2) is 23.1 Å². The summed E-state index contributed by atoms with van der Waals surface area (Å²) in [5.74, 6) is -5.78. The summed E-state index contributed by atoms with van der Waals surface area (Å²) in [4.78, 5) is 45.7. The van der Waals surface area contributed by atoms with Gasteiger partial charge in [0.05, 0.1) is 12.6 Å². The molecule has 4 atom stereocenters. The highest BCUT2D eigenvalue weighted by atomic mass is 19.1. The number of methoxy groups -OCH3 is 1. The summed E-state index contributed by atoms with van der Waals surface area (Å²) in [6.45, 7) is 1.52. The van der Waals surface area contributed by atoms with E-state index in [4.69, 9.17) is 15.3 Å². The number of hydrogen-bond acceptors (Lipinski definition) is 7. The molecule has 3 aliphatic rings. The molecule has 0 aliphatic carbocycles. The Bertz CT molecular complexity index is 1340. The Morgan fingerprint density at radius 3 is 2.57 bits per heavy atom. The van der Waals surface area contributed by atoms with Gasteiger partial charge in [0.2, 0.25) is 5.43 Å². The molecule has 13 heteroatoms. The molecule has 2 fully saturated rings. The molecule has 2 amide bonds. The number of halogens is 3. The van der Waals surface area contributed by atoms with Gasteiger partial charge in [0.25, 0.3) is 11.8 Å². The molecule has 2 bridgehead atoms. The summed E-state index contributed by atoms with van der Waals surface area (Å²) < 4.78 is 49.2. The van der Waals surface area contributed by atoms with Crippen molar-refractivity contribution in [1.29, 1.82) is 0 Å². The molecular formula is C24H25F3N4O6. The number of fused-ring (bicyclic) bond motifs is 5. The van der Waals surface area contributed by atoms with Crippen molar-refractivity contribution in [1.82, 2.24) is 14.5 Å². The molecule has 1 spiro atoms. The lowest BCUT2D eigenvalue weighted by Crippen LogP contribution is -2.52. The second-order valence-electron chi connectivity index (χ2n) is 9.68. The maximum absolute atomic E-state index is 14.4. The lowest BCUT2D eigenvalue weighted by Gasteiger charge is -2.42. The van der Waals surface area contributed by atoms with E-state index < -0.39 is 76.0 Å². The zero-order valence-electron chi connectivity index (χ0n) is 20.0. The largest absolute Gasteiger partial charge is 0.503 e. The van der Waals surface area contributed by atoms with Crippen molar-refractivity contribution in [3.63, 3.8) is 0 Å². The molecule has 37 heavy (non-hydrogen) atoms. The van der Waals surface area contributed by atoms with Crippen molar-refractivity contribution >= 4 is 11.8 Å². The van der Waals surface area contributed by atoms with Crippen LogP contribution in [0.4, 0.5) is 13.2 Å². The molecular weight excluding hydrogens is 497 g/mol. The Balaban J connectivity index is 1.62. The molecule has 3 N–H and O–H groups in total. The van der Waals surface area contributed by atoms with E-state index in [9.17, 15) is 32.7 Å². The number of primary amides is 1. The van der Waals surface area contributed by atoms with Crippen LogP contribution in [0, 0.1) is 17.5 Å². The first-order valence-corrected chi connectivity index (χ1v) is 11.7. The number of pyridine rings is 1. The van der Waals surface area contributed by atoms with Crippen LogP contribution in [-0.4, -0.2) is 63.0 Å². The molecule has 10 nitrogen and oxygen atoms in total. The maximum atomic E-state index is 14.4. The first kappa shape index (κ1) is 25.2. The Hall–Kier alpha value is -3.42. The van der Waals surface area contributed by atoms with E-state index in [2.05, 4.69) is 0 Å². The number of ether oxygens (including phenoxy) is 1. The van der Waals surface area contributed by atoms with Gasteiger partial charge in [-0.25, -0.2) is 13.2 Å². The van der Waals surface area contributed by atoms with Crippen molar-refractivity contribution < 1.29 is 37.4 Å². The summed E-state index contributed by atoms with van der Waals surface area (Å²) in [6.07, 6.45) is 1.38. The SMILES string of the molecule is COC1C[C@@]2(CC[C@H](C)N3C[C@H]2n2cc(C(N)=O)c(=O)c(O)c2C3=O)ON1Cc1c(F)cc(F)cc1F. The molecule has 1 aromatic heterocycles. The molecule has 0 saturated carbocycles. The second kappa shape index (κ2) is 8.85. The van der Waals surface area contributed by atoms with Gasteiger partial charge in [0, 0.05) is 50.0 Å². The molecule has 2 saturated heterocycles. The molecule has 198 valence electrons. The molecule has 4 heterocycles. The Labute approximate surface area is 208 Å². The van der Waals surface area contributed by atoms with Gasteiger partial charge in [-0.3, -0.25) is 19.2 Å². The van der Waals surface area contributed by atoms with E-state index in [1.54, 1.807) is 0 Å². The fourth-order valence-electron chi connectivity index (χ4n) is 5.61. The Morgan fingerprint density at radius 1 is 1.27 bits per heavy atom. The van der Waals surface area contributed by atoms with E-state index in [1.165, 1.54) is 21.6 Å². The van der Waals surface area contributed by atoms with Crippen LogP contribution in [-0.2, 0) is 16.1 Å². The number of carbonyl (C=O) groups excluding carboxylic acids is 2. The van der Waals surface area contributed by atoms with Gasteiger partial charge in [-0.1, -0.05) is 0 Å². The standard InChI is InChI=1S/C24H25F3N4O6/c1-11-3-4-24(7-18(36-2)31(37-24)9-13-15(26)5-12(25)6-16(13)27)17-10-29(11)23(35)19-21(33)20(32)14(22(28)34)8-30(17)19/h5-6,8,11,17-18,33H,3-4,7,9-10H2,1-2H3,(H2,28,34)/t11-,17+,18?,24+/m0/s1. The molecule has 1 unspecified atom stereocenters. The van der Waals surface area contributed by atoms with E-state index in [0.717, 1.165) is 6.20 Å². The highest BCUT2D eigenvalue weighted by molar-refractivity contribution is 5.99. The molecule has 0 radical (unpaired) electrons. The van der Waals surface area contributed by atoms with Gasteiger partial charge >= 0.3 is 0 Å². The minimum atomic E-state index is -1.12. The van der Waals surface area contributed by atoms with Gasteiger partial charge in [-0.2, -0.15) is 5.06 Å². The minimum absolute atomic E-state index is 0.108. The quantitative estimate of drug-likeness (QED) is 0.627. The predicted molar refractivity (Wildman–Crippen MR) is 121 cm³/mol. The summed E-state index contributed by atoms with van der Waals surface area (Å²) in [5.41, 5.74) is 1.96. The number of aromatic hydroxyl groups is 1. The molecule has 1 aromatic carbocycles. The molecule has 2 aromatic rings. The van der Waals surface area contributed by atoms with Crippen molar-refractivity contribution in [2.24, 2.45) is 5.73 Å². The average molecular weight is 522 g/mol. The van der Waals surface area contributed by atoms with Crippen LogP contribution in [0.25, 0.3) is 0 Å². The first-order chi connectivity index (χ1) is 17.5. The fourth-order valence-corrected chi connectivity index (χ4v) is 5.61. The van der Waals surface area contributed by atoms with E-state index >= 15 is 0 Å². The zero-order valence-corrected chi connectivity index (χ0v) is 20.0. The van der Waals surface area contributed by atoms with Gasteiger partial charge < -0.3 is 25.0 Å². The lowest BCUT2D eigenvalue weighted by molar-refractivity contribution is -0.253.